The first-order chi connectivity index (χ1) is 16.3. The van der Waals surface area contributed by atoms with Crippen LogP contribution in [-0.2, 0) is 4.79 Å². The van der Waals surface area contributed by atoms with Gasteiger partial charge in [-0.2, -0.15) is 0 Å². The van der Waals surface area contributed by atoms with Gasteiger partial charge in [0.15, 0.2) is 11.0 Å². The molecule has 2 aromatic carbocycles. The van der Waals surface area contributed by atoms with Gasteiger partial charge in [-0.1, -0.05) is 30.0 Å². The third kappa shape index (κ3) is 4.11. The summed E-state index contributed by atoms with van der Waals surface area (Å²) in [7, 11) is 0. The van der Waals surface area contributed by atoms with E-state index in [1.807, 2.05) is 30.5 Å². The molecule has 0 unspecified atom stereocenters. The van der Waals surface area contributed by atoms with E-state index in [0.29, 0.717) is 11.8 Å². The highest BCUT2D eigenvalue weighted by Gasteiger charge is 2.31. The molecule has 1 amide bonds. The van der Waals surface area contributed by atoms with E-state index in [1.165, 1.54) is 30.3 Å². The highest BCUT2D eigenvalue weighted by atomic mass is 32.2. The van der Waals surface area contributed by atoms with Crippen molar-refractivity contribution in [3.8, 4) is 11.4 Å². The molecule has 8 heteroatoms. The maximum absolute atomic E-state index is 12.6. The van der Waals surface area contributed by atoms with Crippen LogP contribution >= 0.6 is 11.8 Å². The molecule has 4 aromatic rings. The zero-order valence-electron chi connectivity index (χ0n) is 18.3. The Bertz CT molecular complexity index is 1280. The molecular weight excluding hydrogens is 432 g/mol. The van der Waals surface area contributed by atoms with Crippen LogP contribution in [0.25, 0.3) is 22.3 Å². The van der Waals surface area contributed by atoms with Crippen molar-refractivity contribution < 1.29 is 4.79 Å². The first-order valence-corrected chi connectivity index (χ1v) is 12.5. The predicted octanol–water partition coefficient (Wildman–Crippen LogP) is 5.09. The summed E-state index contributed by atoms with van der Waals surface area (Å²) >= 11 is 1.45. The summed E-state index contributed by atoms with van der Waals surface area (Å²) in [4.78, 5) is 18.3. The number of rotatable bonds is 7. The lowest BCUT2D eigenvalue weighted by atomic mass is 10.1. The molecule has 168 valence electrons. The molecule has 1 saturated heterocycles. The van der Waals surface area contributed by atoms with Gasteiger partial charge in [0.05, 0.1) is 5.75 Å². The van der Waals surface area contributed by atoms with Crippen LogP contribution in [0.15, 0.2) is 59.9 Å². The van der Waals surface area contributed by atoms with Crippen molar-refractivity contribution in [2.24, 2.45) is 0 Å². The molecule has 0 radical (unpaired) electrons. The van der Waals surface area contributed by atoms with Crippen molar-refractivity contribution in [2.45, 2.75) is 36.9 Å². The molecule has 3 heterocycles. The van der Waals surface area contributed by atoms with Gasteiger partial charge in [-0.05, 0) is 56.0 Å². The number of H-pyrrole nitrogens is 1. The molecule has 0 bridgehead atoms. The Labute approximate surface area is 196 Å². The lowest BCUT2D eigenvalue weighted by Gasteiger charge is -2.17. The molecule has 2 fully saturated rings. The van der Waals surface area contributed by atoms with Crippen LogP contribution in [0.3, 0.4) is 0 Å². The molecule has 2 N–H and O–H groups in total. The number of aromatic amines is 1. The number of carbonyl (C=O) groups excluding carboxylic acids is 1. The minimum atomic E-state index is -0.0343. The third-order valence-electron chi connectivity index (χ3n) is 6.36. The van der Waals surface area contributed by atoms with Gasteiger partial charge in [0, 0.05) is 53.2 Å². The number of carbonyl (C=O) groups is 1. The van der Waals surface area contributed by atoms with E-state index in [2.05, 4.69) is 54.2 Å². The SMILES string of the molecule is O=C(CSc1nnc(-c2c[nH]c3ccccc23)n1C1CC1)Nc1ccc(N2CCCC2)cc1. The largest absolute Gasteiger partial charge is 0.372 e. The summed E-state index contributed by atoms with van der Waals surface area (Å²) < 4.78 is 2.21. The quantitative estimate of drug-likeness (QED) is 0.377. The minimum Gasteiger partial charge on any atom is -0.372 e. The number of hydrogen-bond donors (Lipinski definition) is 2. The van der Waals surface area contributed by atoms with Gasteiger partial charge in [-0.25, -0.2) is 0 Å². The van der Waals surface area contributed by atoms with E-state index < -0.39 is 0 Å². The summed E-state index contributed by atoms with van der Waals surface area (Å²) in [5, 5.41) is 13.9. The molecule has 2 aliphatic rings. The number of thioether (sulfide) groups is 1. The van der Waals surface area contributed by atoms with Crippen molar-refractivity contribution >= 4 is 39.9 Å². The number of fused-ring (bicyclic) bond motifs is 1. The Balaban J connectivity index is 1.15. The van der Waals surface area contributed by atoms with Crippen molar-refractivity contribution in [1.82, 2.24) is 19.7 Å². The molecule has 1 saturated carbocycles. The summed E-state index contributed by atoms with van der Waals surface area (Å²) in [6.07, 6.45) is 6.75. The molecular formula is C25H26N6OS. The van der Waals surface area contributed by atoms with Crippen molar-refractivity contribution in [2.75, 3.05) is 29.1 Å². The van der Waals surface area contributed by atoms with Gasteiger partial charge in [0.2, 0.25) is 5.91 Å². The average molecular weight is 459 g/mol. The van der Waals surface area contributed by atoms with Crippen molar-refractivity contribution in [3.63, 3.8) is 0 Å². The topological polar surface area (TPSA) is 78.8 Å². The fourth-order valence-electron chi connectivity index (χ4n) is 4.54. The zero-order chi connectivity index (χ0) is 22.2. The van der Waals surface area contributed by atoms with E-state index >= 15 is 0 Å². The van der Waals surface area contributed by atoms with Gasteiger partial charge in [0.25, 0.3) is 0 Å². The number of amides is 1. The summed E-state index contributed by atoms with van der Waals surface area (Å²) in [5.74, 6) is 1.13. The van der Waals surface area contributed by atoms with Gasteiger partial charge in [-0.3, -0.25) is 9.36 Å². The lowest BCUT2D eigenvalue weighted by molar-refractivity contribution is -0.113. The molecule has 1 aliphatic carbocycles. The van der Waals surface area contributed by atoms with Crippen LogP contribution in [-0.4, -0.2) is 44.5 Å². The lowest BCUT2D eigenvalue weighted by Crippen LogP contribution is -2.18. The summed E-state index contributed by atoms with van der Waals surface area (Å²) in [5.41, 5.74) is 4.19. The number of nitrogens with one attached hydrogen (secondary N) is 2. The Morgan fingerprint density at radius 3 is 2.64 bits per heavy atom. The number of anilines is 2. The molecule has 6 rings (SSSR count). The van der Waals surface area contributed by atoms with Crippen LogP contribution in [0.1, 0.15) is 31.7 Å². The Morgan fingerprint density at radius 1 is 1.06 bits per heavy atom. The summed E-state index contributed by atoms with van der Waals surface area (Å²) in [6.45, 7) is 2.23. The minimum absolute atomic E-state index is 0.0343. The van der Waals surface area contributed by atoms with E-state index in [-0.39, 0.29) is 5.91 Å². The van der Waals surface area contributed by atoms with Crippen LogP contribution in [0, 0.1) is 0 Å². The number of para-hydroxylation sites is 1. The standard InChI is InChI=1S/C25H26N6OS/c32-23(27-17-7-9-18(10-8-17)30-13-3-4-14-30)16-33-25-29-28-24(31(25)19-11-12-19)21-15-26-22-6-2-1-5-20(21)22/h1-2,5-10,15,19,26H,3-4,11-14,16H2,(H,27,32). The molecule has 0 atom stereocenters. The average Bonchev–Trinajstić information content (AvgIpc) is 3.23. The van der Waals surface area contributed by atoms with Gasteiger partial charge in [-0.15, -0.1) is 10.2 Å². The number of nitrogens with zero attached hydrogens (tertiary/aromatic N) is 4. The van der Waals surface area contributed by atoms with Gasteiger partial charge in [0.1, 0.15) is 0 Å². The fraction of sp³-hybridized carbons (Fsp3) is 0.320. The molecule has 7 nitrogen and oxygen atoms in total. The Morgan fingerprint density at radius 2 is 1.85 bits per heavy atom. The molecule has 0 spiro atoms. The normalized spacial score (nSPS) is 15.9. The fourth-order valence-corrected chi connectivity index (χ4v) is 5.34. The number of aromatic nitrogens is 4. The maximum Gasteiger partial charge on any atom is 0.234 e. The first kappa shape index (κ1) is 20.4. The highest BCUT2D eigenvalue weighted by molar-refractivity contribution is 7.99. The monoisotopic (exact) mass is 458 g/mol. The van der Waals surface area contributed by atoms with Crippen LogP contribution in [0.4, 0.5) is 11.4 Å². The Kier molecular flexibility index (Phi) is 5.30. The Hall–Kier alpha value is -3.26. The first-order valence-electron chi connectivity index (χ1n) is 11.6. The van der Waals surface area contributed by atoms with Gasteiger partial charge >= 0.3 is 0 Å². The smallest absolute Gasteiger partial charge is 0.234 e. The van der Waals surface area contributed by atoms with Gasteiger partial charge < -0.3 is 15.2 Å². The second kappa shape index (κ2) is 8.59. The highest BCUT2D eigenvalue weighted by Crippen LogP contribution is 2.42. The molecule has 33 heavy (non-hydrogen) atoms. The van der Waals surface area contributed by atoms with E-state index in [0.717, 1.165) is 59.1 Å². The van der Waals surface area contributed by atoms with Crippen LogP contribution in [0.5, 0.6) is 0 Å². The van der Waals surface area contributed by atoms with E-state index in [9.17, 15) is 4.79 Å². The zero-order valence-corrected chi connectivity index (χ0v) is 19.1. The molecule has 2 aromatic heterocycles. The maximum atomic E-state index is 12.6. The molecule has 1 aliphatic heterocycles. The van der Waals surface area contributed by atoms with Crippen molar-refractivity contribution in [3.05, 3.63) is 54.7 Å². The van der Waals surface area contributed by atoms with E-state index in [4.69, 9.17) is 0 Å². The second-order valence-electron chi connectivity index (χ2n) is 8.73. The number of hydrogen-bond acceptors (Lipinski definition) is 5. The van der Waals surface area contributed by atoms with Crippen molar-refractivity contribution in [1.29, 1.82) is 0 Å². The van der Waals surface area contributed by atoms with Crippen LogP contribution < -0.4 is 10.2 Å². The third-order valence-corrected chi connectivity index (χ3v) is 7.30. The summed E-state index contributed by atoms with van der Waals surface area (Å²) in [6, 6.07) is 16.8. The second-order valence-corrected chi connectivity index (χ2v) is 9.68. The predicted molar refractivity (Wildman–Crippen MR) is 133 cm³/mol. The van der Waals surface area contributed by atoms with Crippen LogP contribution in [0.2, 0.25) is 0 Å². The number of benzene rings is 2. The van der Waals surface area contributed by atoms with E-state index in [1.54, 1.807) is 0 Å².